The molecule has 0 bridgehead atoms. The molecule has 0 atom stereocenters. The predicted molar refractivity (Wildman–Crippen MR) is 108 cm³/mol. The number of carbonyl (C=O) groups is 1. The number of ether oxygens (including phenoxy) is 2. The molecule has 0 saturated carbocycles. The van der Waals surface area contributed by atoms with Gasteiger partial charge in [-0.1, -0.05) is 0 Å². The average molecular weight is 427 g/mol. The molecule has 0 saturated heterocycles. The maximum Gasteiger partial charge on any atom is 0.296 e. The highest BCUT2D eigenvalue weighted by Gasteiger charge is 2.20. The van der Waals surface area contributed by atoms with Crippen molar-refractivity contribution in [2.24, 2.45) is 0 Å². The molecule has 2 aromatic carbocycles. The molecule has 0 fully saturated rings. The van der Waals surface area contributed by atoms with Crippen LogP contribution in [0.2, 0.25) is 0 Å². The Labute approximate surface area is 175 Å². The van der Waals surface area contributed by atoms with Gasteiger partial charge >= 0.3 is 0 Å². The third-order valence-electron chi connectivity index (χ3n) is 4.04. The van der Waals surface area contributed by atoms with Gasteiger partial charge in [0.2, 0.25) is 0 Å². The number of hydrogen-bond donors (Lipinski definition) is 1. The van der Waals surface area contributed by atoms with Gasteiger partial charge in [-0.05, 0) is 43.3 Å². The molecule has 0 aliphatic heterocycles. The van der Waals surface area contributed by atoms with Gasteiger partial charge in [0, 0.05) is 12.1 Å². The van der Waals surface area contributed by atoms with E-state index < -0.39 is 15.8 Å². The fraction of sp³-hybridized carbons (Fsp3) is 0.150. The molecule has 1 aromatic heterocycles. The van der Waals surface area contributed by atoms with E-state index in [1.807, 2.05) is 0 Å². The highest BCUT2D eigenvalue weighted by molar-refractivity contribution is 6.03. The minimum absolute atomic E-state index is 0.00136. The second-order valence-corrected chi connectivity index (χ2v) is 6.13. The first-order chi connectivity index (χ1) is 14.9. The second-order valence-electron chi connectivity index (χ2n) is 6.13. The Morgan fingerprint density at radius 2 is 1.68 bits per heavy atom. The van der Waals surface area contributed by atoms with Crippen LogP contribution in [0.5, 0.6) is 11.5 Å². The van der Waals surface area contributed by atoms with E-state index in [4.69, 9.17) is 13.9 Å². The first-order valence-electron chi connectivity index (χ1n) is 9.06. The van der Waals surface area contributed by atoms with Crippen LogP contribution in [-0.4, -0.2) is 22.4 Å². The normalized spacial score (nSPS) is 10.4. The summed E-state index contributed by atoms with van der Waals surface area (Å²) >= 11 is 0. The van der Waals surface area contributed by atoms with Crippen molar-refractivity contribution in [3.05, 3.63) is 86.3 Å². The van der Waals surface area contributed by atoms with Crippen LogP contribution >= 0.6 is 0 Å². The summed E-state index contributed by atoms with van der Waals surface area (Å²) in [5, 5.41) is 24.4. The van der Waals surface area contributed by atoms with Gasteiger partial charge in [0.15, 0.2) is 5.76 Å². The SMILES string of the molecule is CCOc1ccc(NC(=O)c2ccc(COc3ccc([N+](=O)[O-])cc3)o2)c([N+](=O)[O-])c1. The Hall–Kier alpha value is -4.41. The minimum atomic E-state index is -0.672. The summed E-state index contributed by atoms with van der Waals surface area (Å²) in [6.07, 6.45) is 0. The smallest absolute Gasteiger partial charge is 0.296 e. The number of nitrogens with zero attached hydrogens (tertiary/aromatic N) is 2. The quantitative estimate of drug-likeness (QED) is 0.392. The standard InChI is InChI=1S/C20H17N3O8/c1-2-29-15-7-9-17(18(11-15)23(27)28)21-20(24)19-10-8-16(31-19)12-30-14-5-3-13(4-6-14)22(25)26/h3-11H,2,12H2,1H3,(H,21,24). The van der Waals surface area contributed by atoms with Crippen LogP contribution in [0.25, 0.3) is 0 Å². The van der Waals surface area contributed by atoms with E-state index in [-0.39, 0.29) is 29.4 Å². The summed E-state index contributed by atoms with van der Waals surface area (Å²) in [6, 6.07) is 12.5. The highest BCUT2D eigenvalue weighted by Crippen LogP contribution is 2.29. The maximum atomic E-state index is 12.4. The summed E-state index contributed by atoms with van der Waals surface area (Å²) in [6.45, 7) is 2.08. The van der Waals surface area contributed by atoms with Gasteiger partial charge in [-0.25, -0.2) is 0 Å². The van der Waals surface area contributed by atoms with Gasteiger partial charge in [-0.15, -0.1) is 0 Å². The van der Waals surface area contributed by atoms with Crippen molar-refractivity contribution in [2.45, 2.75) is 13.5 Å². The summed E-state index contributed by atoms with van der Waals surface area (Å²) in [5.41, 5.74) is -0.376. The zero-order valence-electron chi connectivity index (χ0n) is 16.3. The third-order valence-corrected chi connectivity index (χ3v) is 4.04. The average Bonchev–Trinajstić information content (AvgIpc) is 3.23. The van der Waals surface area contributed by atoms with E-state index in [2.05, 4.69) is 5.32 Å². The first kappa shape index (κ1) is 21.3. The second kappa shape index (κ2) is 9.39. The van der Waals surface area contributed by atoms with E-state index in [0.717, 1.165) is 0 Å². The predicted octanol–water partition coefficient (Wildman–Crippen LogP) is 4.33. The van der Waals surface area contributed by atoms with Crippen molar-refractivity contribution in [3.63, 3.8) is 0 Å². The van der Waals surface area contributed by atoms with Crippen molar-refractivity contribution in [1.82, 2.24) is 0 Å². The molecular formula is C20H17N3O8. The van der Waals surface area contributed by atoms with Gasteiger partial charge in [0.05, 0.1) is 22.5 Å². The van der Waals surface area contributed by atoms with Crippen molar-refractivity contribution >= 4 is 23.0 Å². The number of non-ortho nitro benzene ring substituents is 1. The number of benzene rings is 2. The van der Waals surface area contributed by atoms with Crippen LogP contribution in [0.15, 0.2) is 59.0 Å². The number of furan rings is 1. The molecule has 0 aliphatic carbocycles. The minimum Gasteiger partial charge on any atom is -0.494 e. The first-order valence-corrected chi connectivity index (χ1v) is 9.06. The number of hydrogen-bond acceptors (Lipinski definition) is 8. The fourth-order valence-electron chi connectivity index (χ4n) is 2.60. The largest absolute Gasteiger partial charge is 0.494 e. The highest BCUT2D eigenvalue weighted by atomic mass is 16.6. The summed E-state index contributed by atoms with van der Waals surface area (Å²) < 4.78 is 16.1. The zero-order valence-corrected chi connectivity index (χ0v) is 16.3. The van der Waals surface area contributed by atoms with Crippen LogP contribution in [0.3, 0.4) is 0 Å². The molecule has 0 aliphatic rings. The molecular weight excluding hydrogens is 410 g/mol. The molecule has 160 valence electrons. The number of rotatable bonds is 9. The lowest BCUT2D eigenvalue weighted by Gasteiger charge is -2.07. The molecule has 1 heterocycles. The molecule has 0 radical (unpaired) electrons. The number of amides is 1. The Kier molecular flexibility index (Phi) is 6.45. The number of nitro groups is 2. The van der Waals surface area contributed by atoms with Crippen LogP contribution in [0, 0.1) is 20.2 Å². The zero-order chi connectivity index (χ0) is 22.4. The molecule has 31 heavy (non-hydrogen) atoms. The van der Waals surface area contributed by atoms with Gasteiger partial charge in [0.1, 0.15) is 29.6 Å². The lowest BCUT2D eigenvalue weighted by Crippen LogP contribution is -2.12. The molecule has 3 rings (SSSR count). The maximum absolute atomic E-state index is 12.4. The molecule has 1 N–H and O–H groups in total. The molecule has 1 amide bonds. The number of anilines is 1. The Bertz CT molecular complexity index is 1110. The monoisotopic (exact) mass is 427 g/mol. The van der Waals surface area contributed by atoms with Crippen molar-refractivity contribution < 1.29 is 28.5 Å². The van der Waals surface area contributed by atoms with Gasteiger partial charge in [0.25, 0.3) is 17.3 Å². The van der Waals surface area contributed by atoms with Crippen molar-refractivity contribution in [2.75, 3.05) is 11.9 Å². The third kappa shape index (κ3) is 5.35. The topological polar surface area (TPSA) is 147 Å². The molecule has 11 nitrogen and oxygen atoms in total. The molecule has 11 heteroatoms. The van der Waals surface area contributed by atoms with E-state index in [9.17, 15) is 25.0 Å². The Morgan fingerprint density at radius 1 is 0.968 bits per heavy atom. The van der Waals surface area contributed by atoms with Gasteiger partial charge in [-0.3, -0.25) is 25.0 Å². The van der Waals surface area contributed by atoms with E-state index in [0.29, 0.717) is 23.9 Å². The Balaban J connectivity index is 1.65. The number of carbonyl (C=O) groups excluding carboxylic acids is 1. The van der Waals surface area contributed by atoms with Crippen molar-refractivity contribution in [3.8, 4) is 11.5 Å². The lowest BCUT2D eigenvalue weighted by molar-refractivity contribution is -0.384. The summed E-state index contributed by atoms with van der Waals surface area (Å²) in [7, 11) is 0. The van der Waals surface area contributed by atoms with Crippen LogP contribution in [0.1, 0.15) is 23.2 Å². The summed E-state index contributed by atoms with van der Waals surface area (Å²) in [5.74, 6) is 0.290. The molecule has 0 spiro atoms. The molecule has 0 unspecified atom stereocenters. The van der Waals surface area contributed by atoms with Gasteiger partial charge in [-0.2, -0.15) is 0 Å². The Morgan fingerprint density at radius 3 is 2.32 bits per heavy atom. The van der Waals surface area contributed by atoms with E-state index in [1.165, 1.54) is 54.6 Å². The van der Waals surface area contributed by atoms with Crippen molar-refractivity contribution in [1.29, 1.82) is 0 Å². The summed E-state index contributed by atoms with van der Waals surface area (Å²) in [4.78, 5) is 33.2. The van der Waals surface area contributed by atoms with Crippen LogP contribution in [-0.2, 0) is 6.61 Å². The van der Waals surface area contributed by atoms with E-state index in [1.54, 1.807) is 6.92 Å². The van der Waals surface area contributed by atoms with E-state index >= 15 is 0 Å². The van der Waals surface area contributed by atoms with Crippen LogP contribution < -0.4 is 14.8 Å². The van der Waals surface area contributed by atoms with Crippen LogP contribution in [0.4, 0.5) is 17.1 Å². The lowest BCUT2D eigenvalue weighted by atomic mass is 10.2. The number of nitro benzene ring substituents is 2. The van der Waals surface area contributed by atoms with Gasteiger partial charge < -0.3 is 19.2 Å². The number of nitrogens with one attached hydrogen (secondary N) is 1. The fourth-order valence-corrected chi connectivity index (χ4v) is 2.60. The molecule has 3 aromatic rings.